The van der Waals surface area contributed by atoms with Crippen LogP contribution in [-0.4, -0.2) is 16.7 Å². The standard InChI is InChI=1S/C12H15N3O3/c1-2-16-11(9-6-4-3-5-7-9)12-14-10(8-17-13)18-15-12/h3-7,11H,2,8,13H2,1H3. The summed E-state index contributed by atoms with van der Waals surface area (Å²) in [6.45, 7) is 2.55. The molecule has 1 aromatic carbocycles. The van der Waals surface area contributed by atoms with Gasteiger partial charge in [0.1, 0.15) is 12.7 Å². The summed E-state index contributed by atoms with van der Waals surface area (Å²) in [5.41, 5.74) is 0.973. The van der Waals surface area contributed by atoms with E-state index in [9.17, 15) is 0 Å². The Morgan fingerprint density at radius 1 is 1.33 bits per heavy atom. The zero-order valence-corrected chi connectivity index (χ0v) is 10.1. The molecule has 18 heavy (non-hydrogen) atoms. The molecule has 1 atom stereocenters. The number of nitrogens with two attached hydrogens (primary N) is 1. The number of hydrogen-bond donors (Lipinski definition) is 1. The zero-order valence-electron chi connectivity index (χ0n) is 10.1. The van der Waals surface area contributed by atoms with Crippen molar-refractivity contribution >= 4 is 0 Å². The number of hydrogen-bond acceptors (Lipinski definition) is 6. The van der Waals surface area contributed by atoms with Gasteiger partial charge >= 0.3 is 0 Å². The van der Waals surface area contributed by atoms with Crippen LogP contribution in [0.15, 0.2) is 34.9 Å². The number of ether oxygens (including phenoxy) is 1. The van der Waals surface area contributed by atoms with Crippen molar-refractivity contribution in [1.82, 2.24) is 10.1 Å². The van der Waals surface area contributed by atoms with E-state index in [1.54, 1.807) is 0 Å². The minimum Gasteiger partial charge on any atom is -0.366 e. The first kappa shape index (κ1) is 12.7. The van der Waals surface area contributed by atoms with Crippen molar-refractivity contribution in [3.8, 4) is 0 Å². The first-order valence-electron chi connectivity index (χ1n) is 5.65. The molecule has 2 aromatic rings. The molecular weight excluding hydrogens is 234 g/mol. The lowest BCUT2D eigenvalue weighted by molar-refractivity contribution is 0.0831. The topological polar surface area (TPSA) is 83.4 Å². The first-order valence-corrected chi connectivity index (χ1v) is 5.65. The van der Waals surface area contributed by atoms with Gasteiger partial charge in [-0.15, -0.1) is 0 Å². The van der Waals surface area contributed by atoms with Crippen molar-refractivity contribution in [2.24, 2.45) is 5.90 Å². The fourth-order valence-electron chi connectivity index (χ4n) is 1.62. The smallest absolute Gasteiger partial charge is 0.254 e. The second-order valence-corrected chi connectivity index (χ2v) is 3.60. The average Bonchev–Trinajstić information content (AvgIpc) is 2.86. The third kappa shape index (κ3) is 2.92. The second kappa shape index (κ2) is 6.25. The summed E-state index contributed by atoms with van der Waals surface area (Å²) < 4.78 is 10.7. The number of nitrogens with zero attached hydrogens (tertiary/aromatic N) is 2. The first-order chi connectivity index (χ1) is 8.85. The van der Waals surface area contributed by atoms with Gasteiger partial charge < -0.3 is 9.26 Å². The van der Waals surface area contributed by atoms with Gasteiger partial charge in [-0.2, -0.15) is 4.98 Å². The molecule has 6 nitrogen and oxygen atoms in total. The quantitative estimate of drug-likeness (QED) is 0.782. The molecule has 2 rings (SSSR count). The SMILES string of the molecule is CCOC(c1ccccc1)c1noc(CON)n1. The Morgan fingerprint density at radius 3 is 2.78 bits per heavy atom. The lowest BCUT2D eigenvalue weighted by Gasteiger charge is -2.13. The summed E-state index contributed by atoms with van der Waals surface area (Å²) in [4.78, 5) is 8.64. The van der Waals surface area contributed by atoms with Crippen LogP contribution >= 0.6 is 0 Å². The molecule has 6 heteroatoms. The molecule has 96 valence electrons. The van der Waals surface area contributed by atoms with E-state index < -0.39 is 0 Å². The van der Waals surface area contributed by atoms with Crippen LogP contribution in [-0.2, 0) is 16.2 Å². The summed E-state index contributed by atoms with van der Waals surface area (Å²) in [7, 11) is 0. The van der Waals surface area contributed by atoms with E-state index in [0.717, 1.165) is 5.56 Å². The van der Waals surface area contributed by atoms with Gasteiger partial charge in [0.2, 0.25) is 5.82 Å². The zero-order chi connectivity index (χ0) is 12.8. The Morgan fingerprint density at radius 2 is 2.11 bits per heavy atom. The highest BCUT2D eigenvalue weighted by Gasteiger charge is 2.20. The average molecular weight is 249 g/mol. The molecule has 2 N–H and O–H groups in total. The molecule has 1 aromatic heterocycles. The molecule has 0 aliphatic carbocycles. The minimum atomic E-state index is -0.341. The third-order valence-corrected chi connectivity index (χ3v) is 2.36. The molecule has 0 amide bonds. The molecule has 0 spiro atoms. The Bertz CT molecular complexity index is 472. The summed E-state index contributed by atoms with van der Waals surface area (Å²) in [5, 5.41) is 3.88. The van der Waals surface area contributed by atoms with E-state index in [-0.39, 0.29) is 12.7 Å². The monoisotopic (exact) mass is 249 g/mol. The molecule has 0 aliphatic rings. The van der Waals surface area contributed by atoms with Crippen molar-refractivity contribution < 1.29 is 14.1 Å². The number of rotatable bonds is 6. The van der Waals surface area contributed by atoms with Crippen LogP contribution in [0, 0.1) is 0 Å². The van der Waals surface area contributed by atoms with Crippen LogP contribution in [0.1, 0.15) is 30.3 Å². The van der Waals surface area contributed by atoms with Crippen molar-refractivity contribution in [1.29, 1.82) is 0 Å². The number of aromatic nitrogens is 2. The minimum absolute atomic E-state index is 0.0840. The van der Waals surface area contributed by atoms with Crippen LogP contribution in [0.25, 0.3) is 0 Å². The van der Waals surface area contributed by atoms with Crippen molar-refractivity contribution in [2.75, 3.05) is 6.61 Å². The fraction of sp³-hybridized carbons (Fsp3) is 0.333. The molecular formula is C12H15N3O3. The molecule has 0 aliphatic heterocycles. The van der Waals surface area contributed by atoms with Gasteiger partial charge in [0.25, 0.3) is 5.89 Å². The molecule has 0 saturated carbocycles. The van der Waals surface area contributed by atoms with Gasteiger partial charge in [-0.05, 0) is 12.5 Å². The van der Waals surface area contributed by atoms with Crippen LogP contribution in [0.5, 0.6) is 0 Å². The highest BCUT2D eigenvalue weighted by Crippen LogP contribution is 2.23. The summed E-state index contributed by atoms with van der Waals surface area (Å²) in [6.07, 6.45) is -0.341. The molecule has 0 saturated heterocycles. The van der Waals surface area contributed by atoms with Crippen LogP contribution in [0.2, 0.25) is 0 Å². The van der Waals surface area contributed by atoms with E-state index in [4.69, 9.17) is 15.2 Å². The van der Waals surface area contributed by atoms with Gasteiger partial charge in [0, 0.05) is 6.61 Å². The predicted molar refractivity (Wildman–Crippen MR) is 63.2 cm³/mol. The van der Waals surface area contributed by atoms with Gasteiger partial charge in [-0.3, -0.25) is 4.84 Å². The predicted octanol–water partition coefficient (Wildman–Crippen LogP) is 1.59. The van der Waals surface area contributed by atoms with Crippen LogP contribution in [0.4, 0.5) is 0 Å². The normalized spacial score (nSPS) is 12.6. The maximum atomic E-state index is 5.65. The van der Waals surface area contributed by atoms with E-state index in [2.05, 4.69) is 15.0 Å². The molecule has 1 unspecified atom stereocenters. The van der Waals surface area contributed by atoms with Gasteiger partial charge in [0.05, 0.1) is 0 Å². The fourth-order valence-corrected chi connectivity index (χ4v) is 1.62. The molecule has 0 radical (unpaired) electrons. The highest BCUT2D eigenvalue weighted by molar-refractivity contribution is 5.22. The van der Waals surface area contributed by atoms with Crippen molar-refractivity contribution in [3.05, 3.63) is 47.6 Å². The lowest BCUT2D eigenvalue weighted by Crippen LogP contribution is -2.08. The Labute approximate surface area is 105 Å². The van der Waals surface area contributed by atoms with Gasteiger partial charge in [-0.1, -0.05) is 35.5 Å². The number of benzene rings is 1. The van der Waals surface area contributed by atoms with E-state index in [0.29, 0.717) is 18.3 Å². The van der Waals surface area contributed by atoms with Gasteiger partial charge in [0.15, 0.2) is 0 Å². The van der Waals surface area contributed by atoms with Crippen LogP contribution < -0.4 is 5.90 Å². The summed E-state index contributed by atoms with van der Waals surface area (Å²) in [6, 6.07) is 9.72. The molecule has 1 heterocycles. The van der Waals surface area contributed by atoms with Crippen LogP contribution in [0.3, 0.4) is 0 Å². The Hall–Kier alpha value is -1.76. The van der Waals surface area contributed by atoms with E-state index >= 15 is 0 Å². The molecule has 0 bridgehead atoms. The largest absolute Gasteiger partial charge is 0.366 e. The van der Waals surface area contributed by atoms with E-state index in [1.807, 2.05) is 37.3 Å². The second-order valence-electron chi connectivity index (χ2n) is 3.60. The van der Waals surface area contributed by atoms with Crippen molar-refractivity contribution in [3.63, 3.8) is 0 Å². The summed E-state index contributed by atoms with van der Waals surface area (Å²) in [5.74, 6) is 5.75. The Balaban J connectivity index is 2.23. The lowest BCUT2D eigenvalue weighted by atomic mass is 10.1. The van der Waals surface area contributed by atoms with Crippen molar-refractivity contribution in [2.45, 2.75) is 19.6 Å². The summed E-state index contributed by atoms with van der Waals surface area (Å²) >= 11 is 0. The highest BCUT2D eigenvalue weighted by atomic mass is 16.6. The maximum Gasteiger partial charge on any atom is 0.254 e. The third-order valence-electron chi connectivity index (χ3n) is 2.36. The Kier molecular flexibility index (Phi) is 4.40. The van der Waals surface area contributed by atoms with E-state index in [1.165, 1.54) is 0 Å². The maximum absolute atomic E-state index is 5.65. The van der Waals surface area contributed by atoms with Gasteiger partial charge in [-0.25, -0.2) is 5.90 Å². The molecule has 0 fully saturated rings.